The molecule has 0 radical (unpaired) electrons. The summed E-state index contributed by atoms with van der Waals surface area (Å²) in [5.41, 5.74) is 1.91. The third kappa shape index (κ3) is 7.33. The Kier molecular flexibility index (Phi) is 10.1. The second-order valence-corrected chi connectivity index (χ2v) is 10.9. The Morgan fingerprint density at radius 3 is 2.00 bits per heavy atom. The van der Waals surface area contributed by atoms with Gasteiger partial charge in [0, 0.05) is 17.5 Å². The fourth-order valence-electron chi connectivity index (χ4n) is 4.71. The van der Waals surface area contributed by atoms with Crippen molar-refractivity contribution in [3.8, 4) is 0 Å². The van der Waals surface area contributed by atoms with Crippen LogP contribution in [0.2, 0.25) is 0 Å². The van der Waals surface area contributed by atoms with Crippen LogP contribution < -0.4 is 0 Å². The summed E-state index contributed by atoms with van der Waals surface area (Å²) in [4.78, 5) is 0. The minimum Gasteiger partial charge on any atom is -0.317 e. The first-order chi connectivity index (χ1) is 13.0. The first-order valence-electron chi connectivity index (χ1n) is 12.1. The standard InChI is InChI=1S/C25H47NS/c1-6-7-8-9-10-11-12-13-14-15-16-17-18-22(3)26-24-19-23(24)25(4,5)21(2)20-27-26/h21,23-24H,3,6-20H2,1-2,4-5H3. The Morgan fingerprint density at radius 2 is 1.44 bits per heavy atom. The van der Waals surface area contributed by atoms with Crippen LogP contribution in [0.25, 0.3) is 0 Å². The van der Waals surface area contributed by atoms with Gasteiger partial charge in [0.05, 0.1) is 0 Å². The lowest BCUT2D eigenvalue weighted by molar-refractivity contribution is 0.205. The molecule has 0 aromatic carbocycles. The van der Waals surface area contributed by atoms with Gasteiger partial charge in [-0.25, -0.2) is 0 Å². The zero-order valence-electron chi connectivity index (χ0n) is 18.9. The van der Waals surface area contributed by atoms with Crippen molar-refractivity contribution in [2.75, 3.05) is 5.75 Å². The minimum absolute atomic E-state index is 0.503. The monoisotopic (exact) mass is 393 g/mol. The molecule has 2 heteroatoms. The van der Waals surface area contributed by atoms with Gasteiger partial charge in [-0.1, -0.05) is 105 Å². The average molecular weight is 394 g/mol. The van der Waals surface area contributed by atoms with Gasteiger partial charge in [-0.2, -0.15) is 0 Å². The van der Waals surface area contributed by atoms with E-state index in [4.69, 9.17) is 0 Å². The largest absolute Gasteiger partial charge is 0.317 e. The number of hydrogen-bond donors (Lipinski definition) is 0. The van der Waals surface area contributed by atoms with Crippen molar-refractivity contribution in [3.05, 3.63) is 12.3 Å². The number of fused-ring (bicyclic) bond motifs is 1. The van der Waals surface area contributed by atoms with E-state index in [1.807, 2.05) is 0 Å². The van der Waals surface area contributed by atoms with Crippen LogP contribution in [-0.4, -0.2) is 16.1 Å². The van der Waals surface area contributed by atoms with E-state index in [1.54, 1.807) is 0 Å². The number of rotatable bonds is 14. The van der Waals surface area contributed by atoms with Crippen LogP contribution in [0.5, 0.6) is 0 Å². The average Bonchev–Trinajstić information content (AvgIpc) is 3.44. The zero-order valence-corrected chi connectivity index (χ0v) is 19.7. The second kappa shape index (κ2) is 11.8. The van der Waals surface area contributed by atoms with Crippen molar-refractivity contribution in [1.82, 2.24) is 4.31 Å². The lowest BCUT2D eigenvalue weighted by atomic mass is 9.76. The van der Waals surface area contributed by atoms with Crippen molar-refractivity contribution < 1.29 is 0 Å². The van der Waals surface area contributed by atoms with Gasteiger partial charge in [0.1, 0.15) is 0 Å². The molecule has 0 bridgehead atoms. The fourth-order valence-corrected chi connectivity index (χ4v) is 6.23. The third-order valence-corrected chi connectivity index (χ3v) is 8.83. The highest BCUT2D eigenvalue weighted by Crippen LogP contribution is 2.57. The Labute approximate surface area is 175 Å². The molecular weight excluding hydrogens is 346 g/mol. The molecule has 0 aromatic rings. The van der Waals surface area contributed by atoms with E-state index in [0.717, 1.165) is 17.9 Å². The van der Waals surface area contributed by atoms with Crippen molar-refractivity contribution in [3.63, 3.8) is 0 Å². The maximum atomic E-state index is 4.46. The molecular formula is C25H47NS. The first-order valence-corrected chi connectivity index (χ1v) is 13.0. The molecule has 0 spiro atoms. The van der Waals surface area contributed by atoms with Gasteiger partial charge in [0.2, 0.25) is 0 Å². The normalized spacial score (nSPS) is 26.5. The van der Waals surface area contributed by atoms with Gasteiger partial charge < -0.3 is 4.31 Å². The zero-order chi connectivity index (χ0) is 19.7. The van der Waals surface area contributed by atoms with Crippen molar-refractivity contribution in [1.29, 1.82) is 0 Å². The Morgan fingerprint density at radius 1 is 0.926 bits per heavy atom. The maximum absolute atomic E-state index is 4.46. The van der Waals surface area contributed by atoms with E-state index >= 15 is 0 Å². The van der Waals surface area contributed by atoms with Crippen LogP contribution in [0.3, 0.4) is 0 Å². The molecule has 3 atom stereocenters. The molecule has 0 N–H and O–H groups in total. The van der Waals surface area contributed by atoms with Crippen LogP contribution in [0.1, 0.15) is 118 Å². The number of hydrogen-bond acceptors (Lipinski definition) is 2. The summed E-state index contributed by atoms with van der Waals surface area (Å²) in [7, 11) is 0. The molecule has 1 nitrogen and oxygen atoms in total. The highest BCUT2D eigenvalue weighted by molar-refractivity contribution is 7.97. The van der Waals surface area contributed by atoms with Gasteiger partial charge in [0.15, 0.2) is 0 Å². The van der Waals surface area contributed by atoms with Crippen LogP contribution in [-0.2, 0) is 0 Å². The summed E-state index contributed by atoms with van der Waals surface area (Å²) < 4.78 is 2.62. The molecule has 2 aliphatic rings. The number of unbranched alkanes of at least 4 members (excludes halogenated alkanes) is 11. The molecule has 3 unspecified atom stereocenters. The van der Waals surface area contributed by atoms with E-state index in [-0.39, 0.29) is 0 Å². The molecule has 1 saturated carbocycles. The van der Waals surface area contributed by atoms with E-state index in [0.29, 0.717) is 5.41 Å². The second-order valence-electron chi connectivity index (χ2n) is 9.96. The van der Waals surface area contributed by atoms with Gasteiger partial charge in [-0.3, -0.25) is 0 Å². The van der Waals surface area contributed by atoms with E-state index in [1.165, 1.54) is 101 Å². The highest BCUT2D eigenvalue weighted by atomic mass is 32.2. The summed E-state index contributed by atoms with van der Waals surface area (Å²) in [6, 6.07) is 0.778. The molecule has 1 saturated heterocycles. The molecule has 0 aromatic heterocycles. The predicted octanol–water partition coefficient (Wildman–Crippen LogP) is 8.61. The SMILES string of the molecule is C=C(CCCCCCCCCCCCCC)N1SCC(C)C(C)(C)C2CC21. The summed E-state index contributed by atoms with van der Waals surface area (Å²) >= 11 is 2.07. The molecule has 1 heterocycles. The van der Waals surface area contributed by atoms with Gasteiger partial charge >= 0.3 is 0 Å². The molecule has 1 aliphatic heterocycles. The van der Waals surface area contributed by atoms with E-state index < -0.39 is 0 Å². The Hall–Kier alpha value is -0.110. The number of nitrogens with zero attached hydrogens (tertiary/aromatic N) is 1. The lowest BCUT2D eigenvalue weighted by Crippen LogP contribution is -2.26. The smallest absolute Gasteiger partial charge is 0.0440 e. The van der Waals surface area contributed by atoms with Gasteiger partial charge in [-0.05, 0) is 48.5 Å². The minimum atomic E-state index is 0.503. The quantitative estimate of drug-likeness (QED) is 0.215. The maximum Gasteiger partial charge on any atom is 0.0440 e. The van der Waals surface area contributed by atoms with Crippen LogP contribution in [0, 0.1) is 17.3 Å². The molecule has 0 amide bonds. The van der Waals surface area contributed by atoms with E-state index in [2.05, 4.69) is 50.5 Å². The molecule has 1 aliphatic carbocycles. The van der Waals surface area contributed by atoms with Crippen molar-refractivity contribution in [2.45, 2.75) is 124 Å². The first kappa shape index (κ1) is 23.2. The van der Waals surface area contributed by atoms with Gasteiger partial charge in [0.25, 0.3) is 0 Å². The third-order valence-electron chi connectivity index (χ3n) is 7.38. The number of allylic oxidation sites excluding steroid dienone is 1. The predicted molar refractivity (Wildman–Crippen MR) is 124 cm³/mol. The topological polar surface area (TPSA) is 3.24 Å². The fraction of sp³-hybridized carbons (Fsp3) is 0.920. The van der Waals surface area contributed by atoms with Crippen LogP contribution >= 0.6 is 11.9 Å². The van der Waals surface area contributed by atoms with E-state index in [9.17, 15) is 0 Å². The molecule has 2 rings (SSSR count). The highest BCUT2D eigenvalue weighted by Gasteiger charge is 2.54. The van der Waals surface area contributed by atoms with Crippen LogP contribution in [0.4, 0.5) is 0 Å². The lowest BCUT2D eigenvalue weighted by Gasteiger charge is -2.29. The summed E-state index contributed by atoms with van der Waals surface area (Å²) in [5, 5.41) is 0. The molecule has 27 heavy (non-hydrogen) atoms. The van der Waals surface area contributed by atoms with Crippen molar-refractivity contribution >= 4 is 11.9 Å². The van der Waals surface area contributed by atoms with Gasteiger partial charge in [-0.15, -0.1) is 0 Å². The summed E-state index contributed by atoms with van der Waals surface area (Å²) in [5.74, 6) is 2.96. The van der Waals surface area contributed by atoms with Crippen molar-refractivity contribution in [2.24, 2.45) is 17.3 Å². The Balaban J connectivity index is 1.47. The van der Waals surface area contributed by atoms with Crippen LogP contribution in [0.15, 0.2) is 12.3 Å². The Bertz CT molecular complexity index is 430. The summed E-state index contributed by atoms with van der Waals surface area (Å²) in [6.07, 6.45) is 19.7. The molecule has 158 valence electrons. The summed E-state index contributed by atoms with van der Waals surface area (Å²) in [6.45, 7) is 14.2. The molecule has 2 fully saturated rings.